The van der Waals surface area contributed by atoms with E-state index in [-0.39, 0.29) is 0 Å². The Morgan fingerprint density at radius 3 is 2.83 bits per heavy atom. The van der Waals surface area contributed by atoms with Crippen LogP contribution in [0.15, 0.2) is 11.3 Å². The number of aromatic nitrogens is 3. The van der Waals surface area contributed by atoms with Crippen molar-refractivity contribution in [2.24, 2.45) is 16.8 Å². The van der Waals surface area contributed by atoms with Crippen LogP contribution < -0.4 is 5.32 Å². The molecule has 0 bridgehead atoms. The molecule has 1 unspecified atom stereocenters. The van der Waals surface area contributed by atoms with Gasteiger partial charge in [0.2, 0.25) is 0 Å². The van der Waals surface area contributed by atoms with Crippen molar-refractivity contribution in [1.82, 2.24) is 25.0 Å². The highest BCUT2D eigenvalue weighted by Crippen LogP contribution is 2.28. The van der Waals surface area contributed by atoms with Gasteiger partial charge in [-0.15, -0.1) is 10.2 Å². The second kappa shape index (κ2) is 8.89. The van der Waals surface area contributed by atoms with Crippen molar-refractivity contribution in [2.45, 2.75) is 53.0 Å². The Balaban J connectivity index is 1.82. The van der Waals surface area contributed by atoms with Crippen molar-refractivity contribution in [3.63, 3.8) is 0 Å². The summed E-state index contributed by atoms with van der Waals surface area (Å²) in [5.41, 5.74) is 0. The van der Waals surface area contributed by atoms with Gasteiger partial charge in [-0.3, -0.25) is 4.99 Å². The van der Waals surface area contributed by atoms with E-state index in [1.807, 2.05) is 13.4 Å². The van der Waals surface area contributed by atoms with Gasteiger partial charge in [0.25, 0.3) is 0 Å². The molecule has 6 heteroatoms. The first-order valence-corrected chi connectivity index (χ1v) is 9.05. The van der Waals surface area contributed by atoms with Gasteiger partial charge in [0.05, 0.1) is 0 Å². The van der Waals surface area contributed by atoms with E-state index in [1.54, 1.807) is 0 Å². The highest BCUT2D eigenvalue weighted by atomic mass is 15.3. The van der Waals surface area contributed by atoms with Crippen LogP contribution in [0.4, 0.5) is 0 Å². The van der Waals surface area contributed by atoms with Crippen molar-refractivity contribution in [1.29, 1.82) is 0 Å². The average molecular weight is 320 g/mol. The van der Waals surface area contributed by atoms with Gasteiger partial charge in [0.15, 0.2) is 5.96 Å². The zero-order chi connectivity index (χ0) is 16.7. The fraction of sp³-hybridized carbons (Fsp3) is 0.824. The van der Waals surface area contributed by atoms with Crippen LogP contribution in [0.5, 0.6) is 0 Å². The Labute approximate surface area is 140 Å². The van der Waals surface area contributed by atoms with E-state index in [0.29, 0.717) is 0 Å². The van der Waals surface area contributed by atoms with Gasteiger partial charge < -0.3 is 14.8 Å². The summed E-state index contributed by atoms with van der Waals surface area (Å²) in [5.74, 6) is 3.73. The van der Waals surface area contributed by atoms with Crippen LogP contribution in [0, 0.1) is 11.8 Å². The number of aliphatic imine (C=N–C) groups is 1. The Hall–Kier alpha value is -1.59. The van der Waals surface area contributed by atoms with E-state index >= 15 is 0 Å². The molecule has 1 fully saturated rings. The highest BCUT2D eigenvalue weighted by Gasteiger charge is 2.29. The highest BCUT2D eigenvalue weighted by molar-refractivity contribution is 5.80. The number of nitrogens with one attached hydrogen (secondary N) is 1. The monoisotopic (exact) mass is 320 g/mol. The molecule has 0 saturated carbocycles. The molecule has 1 aliphatic heterocycles. The molecule has 0 amide bonds. The first-order chi connectivity index (χ1) is 11.2. The van der Waals surface area contributed by atoms with E-state index in [2.05, 4.69) is 50.7 Å². The number of guanidine groups is 1. The summed E-state index contributed by atoms with van der Waals surface area (Å²) in [6, 6.07) is 0. The summed E-state index contributed by atoms with van der Waals surface area (Å²) < 4.78 is 2.11. The lowest BCUT2D eigenvalue weighted by Gasteiger charge is -2.24. The molecule has 1 atom stereocenters. The molecule has 0 aromatic carbocycles. The lowest BCUT2D eigenvalue weighted by atomic mass is 9.87. The molecule has 2 rings (SSSR count). The Morgan fingerprint density at radius 2 is 2.17 bits per heavy atom. The van der Waals surface area contributed by atoms with Gasteiger partial charge >= 0.3 is 0 Å². The number of likely N-dealkylation sites (tertiary alicyclic amines) is 1. The molecule has 1 saturated heterocycles. The summed E-state index contributed by atoms with van der Waals surface area (Å²) in [7, 11) is 1.88. The van der Waals surface area contributed by atoms with Crippen LogP contribution in [0.3, 0.4) is 0 Å². The van der Waals surface area contributed by atoms with E-state index in [1.165, 1.54) is 19.3 Å². The minimum atomic E-state index is 0.813. The van der Waals surface area contributed by atoms with E-state index < -0.39 is 0 Å². The standard InChI is InChI=1S/C17H32N6/c1-5-14(6-2)15-8-10-22(12-15)17(18-4)19-9-11-23-13-20-21-16(23)7-3/h13-15H,5-12H2,1-4H3,(H,18,19). The van der Waals surface area contributed by atoms with Crippen molar-refractivity contribution < 1.29 is 0 Å². The lowest BCUT2D eigenvalue weighted by molar-refractivity contribution is 0.319. The molecular weight excluding hydrogens is 288 g/mol. The van der Waals surface area contributed by atoms with Crippen LogP contribution in [0.25, 0.3) is 0 Å². The summed E-state index contributed by atoms with van der Waals surface area (Å²) >= 11 is 0. The zero-order valence-electron chi connectivity index (χ0n) is 15.1. The van der Waals surface area contributed by atoms with Gasteiger partial charge in [0, 0.05) is 39.6 Å². The van der Waals surface area contributed by atoms with E-state index in [0.717, 1.165) is 56.2 Å². The molecular formula is C17H32N6. The maximum atomic E-state index is 4.47. The zero-order valence-corrected chi connectivity index (χ0v) is 15.1. The molecule has 130 valence electrons. The van der Waals surface area contributed by atoms with E-state index in [4.69, 9.17) is 0 Å². The molecule has 0 spiro atoms. The SMILES string of the molecule is CCc1nncn1CCNC(=NC)N1CCC(C(CC)CC)C1. The summed E-state index contributed by atoms with van der Waals surface area (Å²) in [6.07, 6.45) is 6.58. The summed E-state index contributed by atoms with van der Waals surface area (Å²) in [4.78, 5) is 6.88. The number of nitrogens with zero attached hydrogens (tertiary/aromatic N) is 5. The third-order valence-corrected chi connectivity index (χ3v) is 5.10. The Bertz CT molecular complexity index is 491. The molecule has 1 aromatic heterocycles. The largest absolute Gasteiger partial charge is 0.354 e. The fourth-order valence-corrected chi connectivity index (χ4v) is 3.68. The average Bonchev–Trinajstić information content (AvgIpc) is 3.22. The Morgan fingerprint density at radius 1 is 1.39 bits per heavy atom. The van der Waals surface area contributed by atoms with Crippen molar-refractivity contribution in [2.75, 3.05) is 26.7 Å². The fourth-order valence-electron chi connectivity index (χ4n) is 3.68. The third-order valence-electron chi connectivity index (χ3n) is 5.10. The molecule has 1 aliphatic rings. The lowest BCUT2D eigenvalue weighted by Crippen LogP contribution is -2.41. The summed E-state index contributed by atoms with van der Waals surface area (Å²) in [6.45, 7) is 10.7. The first kappa shape index (κ1) is 17.8. The van der Waals surface area contributed by atoms with Crippen LogP contribution in [-0.4, -0.2) is 52.3 Å². The molecule has 2 heterocycles. The molecule has 23 heavy (non-hydrogen) atoms. The van der Waals surface area contributed by atoms with Gasteiger partial charge in [-0.2, -0.15) is 0 Å². The van der Waals surface area contributed by atoms with Crippen molar-refractivity contribution in [3.8, 4) is 0 Å². The molecule has 1 N–H and O–H groups in total. The quantitative estimate of drug-likeness (QED) is 0.618. The third kappa shape index (κ3) is 4.45. The summed E-state index contributed by atoms with van der Waals surface area (Å²) in [5, 5.41) is 11.6. The van der Waals surface area contributed by atoms with Gasteiger partial charge in [-0.1, -0.05) is 33.6 Å². The number of rotatable bonds is 7. The smallest absolute Gasteiger partial charge is 0.193 e. The van der Waals surface area contributed by atoms with Crippen molar-refractivity contribution in [3.05, 3.63) is 12.2 Å². The number of hydrogen-bond acceptors (Lipinski definition) is 3. The Kier molecular flexibility index (Phi) is 6.86. The van der Waals surface area contributed by atoms with Crippen LogP contribution in [-0.2, 0) is 13.0 Å². The predicted molar refractivity (Wildman–Crippen MR) is 94.5 cm³/mol. The van der Waals surface area contributed by atoms with E-state index in [9.17, 15) is 0 Å². The molecule has 1 aromatic rings. The minimum Gasteiger partial charge on any atom is -0.354 e. The van der Waals surface area contributed by atoms with Gasteiger partial charge in [-0.05, 0) is 18.3 Å². The molecule has 0 radical (unpaired) electrons. The van der Waals surface area contributed by atoms with Crippen LogP contribution in [0.2, 0.25) is 0 Å². The minimum absolute atomic E-state index is 0.813. The first-order valence-electron chi connectivity index (χ1n) is 9.05. The topological polar surface area (TPSA) is 58.3 Å². The van der Waals surface area contributed by atoms with Crippen molar-refractivity contribution >= 4 is 5.96 Å². The maximum Gasteiger partial charge on any atom is 0.193 e. The van der Waals surface area contributed by atoms with Crippen LogP contribution >= 0.6 is 0 Å². The number of hydrogen-bond donors (Lipinski definition) is 1. The number of aryl methyl sites for hydroxylation is 1. The normalized spacial score (nSPS) is 18.9. The van der Waals surface area contributed by atoms with Gasteiger partial charge in [-0.25, -0.2) is 0 Å². The maximum absolute atomic E-state index is 4.47. The molecule has 0 aliphatic carbocycles. The second-order valence-electron chi connectivity index (χ2n) is 6.34. The second-order valence-corrected chi connectivity index (χ2v) is 6.34. The predicted octanol–water partition coefficient (Wildman–Crippen LogP) is 2.17. The molecule has 6 nitrogen and oxygen atoms in total. The van der Waals surface area contributed by atoms with Gasteiger partial charge in [0.1, 0.15) is 12.2 Å². The van der Waals surface area contributed by atoms with Crippen LogP contribution in [0.1, 0.15) is 45.9 Å².